The quantitative estimate of drug-likeness (QED) is 0.414. The number of hydrogen-bond donors (Lipinski definition) is 1. The van der Waals surface area contributed by atoms with Crippen molar-refractivity contribution in [2.45, 2.75) is 20.5 Å². The molecule has 0 saturated carbocycles. The van der Waals surface area contributed by atoms with Gasteiger partial charge >= 0.3 is 0 Å². The number of thioether (sulfide) groups is 1. The molecule has 1 N–H and O–H groups in total. The van der Waals surface area contributed by atoms with Crippen LogP contribution < -0.4 is 14.8 Å². The van der Waals surface area contributed by atoms with Gasteiger partial charge in [0.05, 0.1) is 22.7 Å². The van der Waals surface area contributed by atoms with Crippen LogP contribution in [0.3, 0.4) is 0 Å². The number of aliphatic imine (C=N–C) groups is 1. The predicted molar refractivity (Wildman–Crippen MR) is 135 cm³/mol. The van der Waals surface area contributed by atoms with E-state index in [0.29, 0.717) is 33.2 Å². The number of ether oxygens (including phenoxy) is 2. The Kier molecular flexibility index (Phi) is 7.06. The zero-order valence-corrected chi connectivity index (χ0v) is 20.1. The molecule has 0 radical (unpaired) electrons. The number of rotatable bonds is 6. The van der Waals surface area contributed by atoms with Crippen molar-refractivity contribution in [3.63, 3.8) is 0 Å². The molecule has 0 aromatic heterocycles. The van der Waals surface area contributed by atoms with Crippen LogP contribution in [-0.4, -0.2) is 18.2 Å². The maximum atomic E-state index is 12.5. The fourth-order valence-electron chi connectivity index (χ4n) is 3.17. The standard InChI is InChI=1S/C26H23ClN2O3S/c1-16-4-8-18(9-5-16)15-32-24-21(27)12-19(13-22(24)31-3)14-23-25(30)29-26(33-23)28-20-10-6-17(2)7-11-20/h4-14H,15H2,1-3H3,(H,28,29,30)/b23-14-. The van der Waals surface area contributed by atoms with Crippen molar-refractivity contribution >= 4 is 46.2 Å². The molecule has 1 heterocycles. The number of amidine groups is 1. The van der Waals surface area contributed by atoms with Gasteiger partial charge in [-0.05, 0) is 67.1 Å². The van der Waals surface area contributed by atoms with Gasteiger partial charge in [-0.15, -0.1) is 0 Å². The number of hydrogen-bond acceptors (Lipinski definition) is 5. The molecule has 1 fully saturated rings. The molecule has 1 aliphatic rings. The Morgan fingerprint density at radius 2 is 1.70 bits per heavy atom. The van der Waals surface area contributed by atoms with Crippen LogP contribution in [0.4, 0.5) is 5.69 Å². The highest BCUT2D eigenvalue weighted by Gasteiger charge is 2.24. The number of nitrogens with one attached hydrogen (secondary N) is 1. The van der Waals surface area contributed by atoms with Crippen LogP contribution in [0.25, 0.3) is 6.08 Å². The van der Waals surface area contributed by atoms with Crippen LogP contribution in [0.2, 0.25) is 5.02 Å². The lowest BCUT2D eigenvalue weighted by atomic mass is 10.1. The first-order valence-electron chi connectivity index (χ1n) is 10.3. The Hall–Kier alpha value is -3.22. The van der Waals surface area contributed by atoms with E-state index in [4.69, 9.17) is 21.1 Å². The molecular weight excluding hydrogens is 456 g/mol. The minimum atomic E-state index is -0.208. The lowest BCUT2D eigenvalue weighted by Crippen LogP contribution is -2.19. The van der Waals surface area contributed by atoms with Gasteiger partial charge in [-0.25, -0.2) is 4.99 Å². The summed E-state index contributed by atoms with van der Waals surface area (Å²) in [6.07, 6.45) is 1.76. The van der Waals surface area contributed by atoms with Crippen molar-refractivity contribution in [1.82, 2.24) is 5.32 Å². The fraction of sp³-hybridized carbons (Fsp3) is 0.154. The minimum absolute atomic E-state index is 0.208. The average Bonchev–Trinajstić information content (AvgIpc) is 3.13. The first kappa shape index (κ1) is 23.0. The molecule has 1 amide bonds. The molecule has 1 saturated heterocycles. The number of nitrogens with zero attached hydrogens (tertiary/aromatic N) is 1. The molecule has 33 heavy (non-hydrogen) atoms. The minimum Gasteiger partial charge on any atom is -0.493 e. The zero-order chi connectivity index (χ0) is 23.4. The summed E-state index contributed by atoms with van der Waals surface area (Å²) < 4.78 is 11.4. The van der Waals surface area contributed by atoms with Gasteiger partial charge in [-0.2, -0.15) is 0 Å². The second-order valence-electron chi connectivity index (χ2n) is 7.63. The first-order chi connectivity index (χ1) is 15.9. The second kappa shape index (κ2) is 10.1. The summed E-state index contributed by atoms with van der Waals surface area (Å²) in [6, 6.07) is 19.4. The number of amides is 1. The summed E-state index contributed by atoms with van der Waals surface area (Å²) in [5.74, 6) is 0.756. The maximum absolute atomic E-state index is 12.5. The number of benzene rings is 3. The van der Waals surface area contributed by atoms with Gasteiger partial charge in [0.25, 0.3) is 5.91 Å². The van der Waals surface area contributed by atoms with E-state index in [-0.39, 0.29) is 5.91 Å². The van der Waals surface area contributed by atoms with E-state index in [1.165, 1.54) is 17.3 Å². The van der Waals surface area contributed by atoms with Gasteiger partial charge in [-0.3, -0.25) is 4.79 Å². The molecule has 0 unspecified atom stereocenters. The van der Waals surface area contributed by atoms with E-state index in [0.717, 1.165) is 22.4 Å². The molecular formula is C26H23ClN2O3S. The molecule has 3 aromatic carbocycles. The van der Waals surface area contributed by atoms with Gasteiger partial charge in [0.1, 0.15) is 6.61 Å². The third kappa shape index (κ3) is 5.78. The number of aryl methyl sites for hydroxylation is 2. The SMILES string of the molecule is COc1cc(/C=C2\SC(=Nc3ccc(C)cc3)NC2=O)cc(Cl)c1OCc1ccc(C)cc1. The molecule has 0 spiro atoms. The van der Waals surface area contributed by atoms with E-state index in [1.807, 2.05) is 62.4 Å². The van der Waals surface area contributed by atoms with Crippen molar-refractivity contribution in [2.75, 3.05) is 7.11 Å². The Bertz CT molecular complexity index is 1240. The van der Waals surface area contributed by atoms with Crippen molar-refractivity contribution < 1.29 is 14.3 Å². The van der Waals surface area contributed by atoms with Gasteiger partial charge in [0.2, 0.25) is 0 Å². The molecule has 7 heteroatoms. The summed E-state index contributed by atoms with van der Waals surface area (Å²) in [4.78, 5) is 17.5. The lowest BCUT2D eigenvalue weighted by molar-refractivity contribution is -0.115. The highest BCUT2D eigenvalue weighted by atomic mass is 35.5. The smallest absolute Gasteiger partial charge is 0.264 e. The van der Waals surface area contributed by atoms with Gasteiger partial charge in [-0.1, -0.05) is 59.1 Å². The van der Waals surface area contributed by atoms with Gasteiger partial charge in [0.15, 0.2) is 16.7 Å². The Balaban J connectivity index is 1.52. The third-order valence-electron chi connectivity index (χ3n) is 4.97. The molecule has 0 aliphatic carbocycles. The van der Waals surface area contributed by atoms with Crippen LogP contribution >= 0.6 is 23.4 Å². The third-order valence-corrected chi connectivity index (χ3v) is 6.16. The maximum Gasteiger partial charge on any atom is 0.264 e. The van der Waals surface area contributed by atoms with E-state index in [9.17, 15) is 4.79 Å². The van der Waals surface area contributed by atoms with Crippen molar-refractivity contribution in [2.24, 2.45) is 4.99 Å². The number of halogens is 1. The van der Waals surface area contributed by atoms with Gasteiger partial charge in [0, 0.05) is 0 Å². The zero-order valence-electron chi connectivity index (χ0n) is 18.5. The lowest BCUT2D eigenvalue weighted by Gasteiger charge is -2.13. The van der Waals surface area contributed by atoms with Crippen molar-refractivity contribution in [1.29, 1.82) is 0 Å². The topological polar surface area (TPSA) is 59.9 Å². The van der Waals surface area contributed by atoms with Crippen LogP contribution in [-0.2, 0) is 11.4 Å². The van der Waals surface area contributed by atoms with Crippen LogP contribution in [0, 0.1) is 13.8 Å². The van der Waals surface area contributed by atoms with Gasteiger partial charge < -0.3 is 14.8 Å². The molecule has 1 aliphatic heterocycles. The van der Waals surface area contributed by atoms with E-state index < -0.39 is 0 Å². The number of carbonyl (C=O) groups is 1. The summed E-state index contributed by atoms with van der Waals surface area (Å²) >= 11 is 7.79. The highest BCUT2D eigenvalue weighted by Crippen LogP contribution is 2.38. The van der Waals surface area contributed by atoms with Crippen LogP contribution in [0.5, 0.6) is 11.5 Å². The number of methoxy groups -OCH3 is 1. The van der Waals surface area contributed by atoms with E-state index in [1.54, 1.807) is 25.3 Å². The summed E-state index contributed by atoms with van der Waals surface area (Å²) in [5, 5.41) is 3.74. The molecule has 4 rings (SSSR count). The van der Waals surface area contributed by atoms with E-state index in [2.05, 4.69) is 10.3 Å². The molecule has 0 atom stereocenters. The largest absolute Gasteiger partial charge is 0.493 e. The fourth-order valence-corrected chi connectivity index (χ4v) is 4.29. The predicted octanol–water partition coefficient (Wildman–Crippen LogP) is 6.44. The Morgan fingerprint density at radius 1 is 1.03 bits per heavy atom. The highest BCUT2D eigenvalue weighted by molar-refractivity contribution is 8.18. The van der Waals surface area contributed by atoms with Crippen molar-refractivity contribution in [3.8, 4) is 11.5 Å². The molecule has 0 bridgehead atoms. The number of carbonyl (C=O) groups excluding carboxylic acids is 1. The van der Waals surface area contributed by atoms with Crippen molar-refractivity contribution in [3.05, 3.63) is 92.8 Å². The second-order valence-corrected chi connectivity index (χ2v) is 9.06. The molecule has 168 valence electrons. The Morgan fingerprint density at radius 3 is 2.36 bits per heavy atom. The van der Waals surface area contributed by atoms with Crippen LogP contribution in [0.15, 0.2) is 70.6 Å². The average molecular weight is 479 g/mol. The van der Waals surface area contributed by atoms with Crippen LogP contribution in [0.1, 0.15) is 22.3 Å². The summed E-state index contributed by atoms with van der Waals surface area (Å²) in [5.41, 5.74) is 4.88. The summed E-state index contributed by atoms with van der Waals surface area (Å²) in [7, 11) is 1.56. The monoisotopic (exact) mass is 478 g/mol. The normalized spacial score (nSPS) is 15.7. The van der Waals surface area contributed by atoms with E-state index >= 15 is 0 Å². The first-order valence-corrected chi connectivity index (χ1v) is 11.5. The Labute approximate surface area is 202 Å². The molecule has 3 aromatic rings. The summed E-state index contributed by atoms with van der Waals surface area (Å²) in [6.45, 7) is 4.42. The molecule has 5 nitrogen and oxygen atoms in total.